The largest absolute Gasteiger partial charge is 0.363 e. The third kappa shape index (κ3) is 5.91. The van der Waals surface area contributed by atoms with Crippen molar-refractivity contribution in [2.75, 3.05) is 10.2 Å². The number of hydrogen-bond donors (Lipinski definition) is 1. The lowest BCUT2D eigenvalue weighted by atomic mass is 9.84. The van der Waals surface area contributed by atoms with E-state index in [-0.39, 0.29) is 6.17 Å². The van der Waals surface area contributed by atoms with Gasteiger partial charge in [-0.1, -0.05) is 220 Å². The second-order valence-electron chi connectivity index (χ2n) is 16.7. The monoisotopic (exact) mass is 798 g/mol. The molecule has 61 heavy (non-hydrogen) atoms. The van der Waals surface area contributed by atoms with Crippen molar-refractivity contribution in [2.24, 2.45) is 5.92 Å². The van der Waals surface area contributed by atoms with E-state index in [1.807, 2.05) is 0 Å². The Hall–Kier alpha value is -7.20. The lowest BCUT2D eigenvalue weighted by molar-refractivity contribution is 0.543. The van der Waals surface area contributed by atoms with Crippen LogP contribution in [0.2, 0.25) is 0 Å². The van der Waals surface area contributed by atoms with Crippen LogP contribution in [0.3, 0.4) is 0 Å². The van der Waals surface area contributed by atoms with E-state index in [2.05, 4.69) is 249 Å². The van der Waals surface area contributed by atoms with Crippen LogP contribution < -0.4 is 31.0 Å². The van der Waals surface area contributed by atoms with E-state index >= 15 is 0 Å². The molecule has 0 fully saturated rings. The molecular weight excluding hydrogens is 753 g/mol. The molecule has 10 aromatic carbocycles. The molecule has 0 aliphatic carbocycles. The number of nitrogens with zero attached hydrogens (tertiary/aromatic N) is 1. The molecule has 3 heteroatoms. The lowest BCUT2D eigenvalue weighted by Gasteiger charge is -2.34. The minimum absolute atomic E-state index is 0.149. The van der Waals surface area contributed by atoms with Crippen LogP contribution in [-0.2, 0) is 0 Å². The van der Waals surface area contributed by atoms with E-state index < -0.39 is 8.07 Å². The van der Waals surface area contributed by atoms with Gasteiger partial charge in [-0.25, -0.2) is 0 Å². The van der Waals surface area contributed by atoms with Gasteiger partial charge in [0.2, 0.25) is 0 Å². The fourth-order valence-electron chi connectivity index (χ4n) is 10.3. The first kappa shape index (κ1) is 36.8. The Bertz CT molecular complexity index is 3060. The van der Waals surface area contributed by atoms with Crippen LogP contribution in [0.5, 0.6) is 0 Å². The van der Waals surface area contributed by atoms with Crippen molar-refractivity contribution in [1.82, 2.24) is 0 Å². The Morgan fingerprint density at radius 3 is 1.41 bits per heavy atom. The summed E-state index contributed by atoms with van der Waals surface area (Å²) in [6.07, 6.45) is 0.149. The molecule has 0 bridgehead atoms. The highest BCUT2D eigenvalue weighted by Crippen LogP contribution is 2.49. The van der Waals surface area contributed by atoms with Crippen molar-refractivity contribution in [3.8, 4) is 22.3 Å². The molecule has 0 spiro atoms. The highest BCUT2D eigenvalue weighted by molar-refractivity contribution is 7.19. The molecule has 2 nitrogen and oxygen atoms in total. The second-order valence-corrected chi connectivity index (χ2v) is 20.5. The normalized spacial score (nSPS) is 13.8. The Labute approximate surface area is 359 Å². The van der Waals surface area contributed by atoms with Gasteiger partial charge < -0.3 is 10.2 Å². The third-order valence-corrected chi connectivity index (χ3v) is 17.7. The Balaban J connectivity index is 1.16. The molecule has 0 saturated heterocycles. The second kappa shape index (κ2) is 15.1. The fraction of sp³-hybridized carbons (Fsp3) is 0.0690. The van der Waals surface area contributed by atoms with Crippen molar-refractivity contribution in [2.45, 2.75) is 20.0 Å². The van der Waals surface area contributed by atoms with Crippen molar-refractivity contribution in [1.29, 1.82) is 0 Å². The summed E-state index contributed by atoms with van der Waals surface area (Å²) in [5.41, 5.74) is 8.65. The summed E-state index contributed by atoms with van der Waals surface area (Å²) in [5.74, 6) is 0.394. The molecule has 1 N–H and O–H groups in total. The highest BCUT2D eigenvalue weighted by atomic mass is 28.3. The first-order chi connectivity index (χ1) is 30.1. The Morgan fingerprint density at radius 2 is 0.852 bits per heavy atom. The number of para-hydroxylation sites is 2. The molecule has 1 aliphatic heterocycles. The van der Waals surface area contributed by atoms with E-state index in [1.54, 1.807) is 0 Å². The molecule has 292 valence electrons. The molecule has 1 atom stereocenters. The molecule has 0 aromatic heterocycles. The minimum atomic E-state index is -2.75. The van der Waals surface area contributed by atoms with E-state index in [1.165, 1.54) is 92.4 Å². The van der Waals surface area contributed by atoms with Crippen molar-refractivity contribution < 1.29 is 0 Å². The molecule has 1 aliphatic rings. The van der Waals surface area contributed by atoms with Crippen LogP contribution in [0.4, 0.5) is 17.1 Å². The summed E-state index contributed by atoms with van der Waals surface area (Å²) >= 11 is 0. The van der Waals surface area contributed by atoms with Crippen LogP contribution in [0.25, 0.3) is 54.6 Å². The molecule has 1 heterocycles. The first-order valence-corrected chi connectivity index (χ1v) is 23.5. The first-order valence-electron chi connectivity index (χ1n) is 21.5. The predicted octanol–water partition coefficient (Wildman–Crippen LogP) is 12.4. The van der Waals surface area contributed by atoms with E-state index in [9.17, 15) is 0 Å². The maximum atomic E-state index is 3.83. The zero-order valence-electron chi connectivity index (χ0n) is 34.5. The molecule has 0 saturated carbocycles. The van der Waals surface area contributed by atoms with Crippen LogP contribution in [0.15, 0.2) is 224 Å². The third-order valence-electron chi connectivity index (χ3n) is 12.9. The fourth-order valence-corrected chi connectivity index (χ4v) is 15.1. The quantitative estimate of drug-likeness (QED) is 0.0936. The Kier molecular flexibility index (Phi) is 9.13. The number of anilines is 3. The molecule has 10 aromatic rings. The van der Waals surface area contributed by atoms with Crippen molar-refractivity contribution in [3.05, 3.63) is 224 Å². The summed E-state index contributed by atoms with van der Waals surface area (Å²) in [6, 6.07) is 83.8. The van der Waals surface area contributed by atoms with Gasteiger partial charge in [-0.3, -0.25) is 0 Å². The zero-order chi connectivity index (χ0) is 40.9. The SMILES string of the molecule is CC(C)C1Nc2ccccc2N1c1ccc(-c2c3ccccc3c(-c3cccc([Si](c4ccccc4)(c4ccccc4)c4ccccc4)c3)c3ccccc23)c2ccccc12. The number of rotatable bonds is 8. The van der Waals surface area contributed by atoms with E-state index in [4.69, 9.17) is 0 Å². The highest BCUT2D eigenvalue weighted by Gasteiger charge is 2.41. The number of fused-ring (bicyclic) bond motifs is 4. The number of nitrogens with one attached hydrogen (secondary N) is 1. The Morgan fingerprint density at radius 1 is 0.393 bits per heavy atom. The van der Waals surface area contributed by atoms with Crippen molar-refractivity contribution >= 4 is 78.2 Å². The maximum absolute atomic E-state index is 3.83. The van der Waals surface area contributed by atoms with Gasteiger partial charge in [-0.15, -0.1) is 0 Å². The minimum Gasteiger partial charge on any atom is -0.363 e. The van der Waals surface area contributed by atoms with E-state index in [0.717, 1.165) is 0 Å². The summed E-state index contributed by atoms with van der Waals surface area (Å²) in [4.78, 5) is 2.52. The van der Waals surface area contributed by atoms with Gasteiger partial charge in [0, 0.05) is 5.39 Å². The van der Waals surface area contributed by atoms with Gasteiger partial charge in [0.25, 0.3) is 0 Å². The van der Waals surface area contributed by atoms with Gasteiger partial charge in [-0.2, -0.15) is 0 Å². The molecule has 11 rings (SSSR count). The van der Waals surface area contributed by atoms with Gasteiger partial charge >= 0.3 is 0 Å². The lowest BCUT2D eigenvalue weighted by Crippen LogP contribution is -2.74. The van der Waals surface area contributed by atoms with Gasteiger partial charge in [0.15, 0.2) is 8.07 Å². The van der Waals surface area contributed by atoms with Crippen LogP contribution in [0.1, 0.15) is 13.8 Å². The summed E-state index contributed by atoms with van der Waals surface area (Å²) in [6.45, 7) is 4.60. The van der Waals surface area contributed by atoms with Gasteiger partial charge in [0.1, 0.15) is 6.17 Å². The molecule has 1 unspecified atom stereocenters. The van der Waals surface area contributed by atoms with Crippen LogP contribution >= 0.6 is 0 Å². The average molecular weight is 799 g/mol. The topological polar surface area (TPSA) is 15.3 Å². The molecule has 0 radical (unpaired) electrons. The average Bonchev–Trinajstić information content (AvgIpc) is 3.72. The standard InChI is InChI=1S/C58H46N2Si/c1-40(2)58-59-53-35-18-19-36-55(53)60(58)54-38-37-52(46-29-12-13-30-47(46)54)57-50-33-16-14-31-48(50)56(49-32-15-17-34-51(49)57)41-21-20-28-45(39-41)61(42-22-6-3-7-23-42,43-24-8-4-9-25-43)44-26-10-5-11-27-44/h3-40,58-59H,1-2H3. The molecule has 0 amide bonds. The smallest absolute Gasteiger partial charge is 0.179 e. The van der Waals surface area contributed by atoms with Gasteiger partial charge in [-0.05, 0) is 94.0 Å². The number of hydrogen-bond acceptors (Lipinski definition) is 2. The molecular formula is C58H46N2Si. The van der Waals surface area contributed by atoms with Gasteiger partial charge in [0.05, 0.1) is 17.1 Å². The van der Waals surface area contributed by atoms with Crippen LogP contribution in [-0.4, -0.2) is 14.2 Å². The maximum Gasteiger partial charge on any atom is 0.179 e. The summed E-state index contributed by atoms with van der Waals surface area (Å²) in [7, 11) is -2.75. The predicted molar refractivity (Wildman–Crippen MR) is 264 cm³/mol. The van der Waals surface area contributed by atoms with Crippen molar-refractivity contribution in [3.63, 3.8) is 0 Å². The van der Waals surface area contributed by atoms with Crippen LogP contribution in [0, 0.1) is 5.92 Å². The zero-order valence-corrected chi connectivity index (χ0v) is 35.5. The summed E-state index contributed by atoms with van der Waals surface area (Å²) in [5, 5.41) is 16.8. The number of benzene rings is 10. The summed E-state index contributed by atoms with van der Waals surface area (Å²) < 4.78 is 0. The van der Waals surface area contributed by atoms with E-state index in [0.29, 0.717) is 5.92 Å².